The second-order valence-electron chi connectivity index (χ2n) is 6.79. The van der Waals surface area contributed by atoms with Gasteiger partial charge in [0.05, 0.1) is 6.54 Å². The molecule has 5 heteroatoms. The van der Waals surface area contributed by atoms with E-state index < -0.39 is 0 Å². The Balaban J connectivity index is 2.22. The van der Waals surface area contributed by atoms with Gasteiger partial charge in [-0.25, -0.2) is 0 Å². The molecule has 1 saturated heterocycles. The Kier molecular flexibility index (Phi) is 7.72. The SMILES string of the molecule is CC(C)CCC(=O)N1CCN(CC(=O)NCC(C)C)CC1. The van der Waals surface area contributed by atoms with Gasteiger partial charge in [-0.05, 0) is 18.3 Å². The van der Waals surface area contributed by atoms with Crippen molar-refractivity contribution in [3.05, 3.63) is 0 Å². The van der Waals surface area contributed by atoms with Crippen LogP contribution < -0.4 is 5.32 Å². The predicted molar refractivity (Wildman–Crippen MR) is 84.9 cm³/mol. The molecule has 0 aromatic carbocycles. The van der Waals surface area contributed by atoms with Gasteiger partial charge >= 0.3 is 0 Å². The lowest BCUT2D eigenvalue weighted by Crippen LogP contribution is -2.51. The minimum Gasteiger partial charge on any atom is -0.355 e. The summed E-state index contributed by atoms with van der Waals surface area (Å²) in [4.78, 5) is 27.9. The summed E-state index contributed by atoms with van der Waals surface area (Å²) in [6, 6.07) is 0. The van der Waals surface area contributed by atoms with Gasteiger partial charge in [0, 0.05) is 39.1 Å². The van der Waals surface area contributed by atoms with Crippen LogP contribution in [-0.2, 0) is 9.59 Å². The average molecular weight is 297 g/mol. The van der Waals surface area contributed by atoms with Gasteiger partial charge in [-0.3, -0.25) is 14.5 Å². The van der Waals surface area contributed by atoms with E-state index in [0.29, 0.717) is 24.8 Å². The number of carbonyl (C=O) groups is 2. The smallest absolute Gasteiger partial charge is 0.234 e. The fraction of sp³-hybridized carbons (Fsp3) is 0.875. The Morgan fingerprint density at radius 2 is 1.62 bits per heavy atom. The maximum absolute atomic E-state index is 12.0. The molecular formula is C16H31N3O2. The van der Waals surface area contributed by atoms with Gasteiger partial charge in [0.25, 0.3) is 0 Å². The van der Waals surface area contributed by atoms with Crippen molar-refractivity contribution in [2.75, 3.05) is 39.3 Å². The molecule has 0 spiro atoms. The second kappa shape index (κ2) is 9.03. The van der Waals surface area contributed by atoms with E-state index in [2.05, 4.69) is 37.9 Å². The largest absolute Gasteiger partial charge is 0.355 e. The van der Waals surface area contributed by atoms with E-state index in [-0.39, 0.29) is 11.8 Å². The van der Waals surface area contributed by atoms with Crippen LogP contribution in [0, 0.1) is 11.8 Å². The molecule has 0 radical (unpaired) electrons. The number of hydrogen-bond donors (Lipinski definition) is 1. The molecule has 0 bridgehead atoms. The van der Waals surface area contributed by atoms with Crippen LogP contribution in [0.15, 0.2) is 0 Å². The lowest BCUT2D eigenvalue weighted by molar-refractivity contribution is -0.133. The quantitative estimate of drug-likeness (QED) is 0.771. The number of piperazine rings is 1. The molecular weight excluding hydrogens is 266 g/mol. The third kappa shape index (κ3) is 7.46. The summed E-state index contributed by atoms with van der Waals surface area (Å²) in [5.41, 5.74) is 0. The van der Waals surface area contributed by atoms with Crippen molar-refractivity contribution < 1.29 is 9.59 Å². The number of hydrogen-bond acceptors (Lipinski definition) is 3. The Hall–Kier alpha value is -1.10. The van der Waals surface area contributed by atoms with Crippen LogP contribution >= 0.6 is 0 Å². The van der Waals surface area contributed by atoms with Crippen molar-refractivity contribution in [3.63, 3.8) is 0 Å². The maximum Gasteiger partial charge on any atom is 0.234 e. The third-order valence-corrected chi connectivity index (χ3v) is 3.74. The highest BCUT2D eigenvalue weighted by atomic mass is 16.2. The second-order valence-corrected chi connectivity index (χ2v) is 6.79. The zero-order valence-corrected chi connectivity index (χ0v) is 14.0. The van der Waals surface area contributed by atoms with E-state index in [0.717, 1.165) is 39.1 Å². The minimum atomic E-state index is 0.0864. The van der Waals surface area contributed by atoms with Crippen LogP contribution in [0.4, 0.5) is 0 Å². The summed E-state index contributed by atoms with van der Waals surface area (Å²) < 4.78 is 0. The van der Waals surface area contributed by atoms with Crippen molar-refractivity contribution in [3.8, 4) is 0 Å². The van der Waals surface area contributed by atoms with Crippen molar-refractivity contribution in [1.82, 2.24) is 15.1 Å². The van der Waals surface area contributed by atoms with Crippen LogP contribution in [0.3, 0.4) is 0 Å². The summed E-state index contributed by atoms with van der Waals surface area (Å²) in [5, 5.41) is 2.93. The van der Waals surface area contributed by atoms with Crippen molar-refractivity contribution in [1.29, 1.82) is 0 Å². The zero-order chi connectivity index (χ0) is 15.8. The number of rotatable bonds is 7. The van der Waals surface area contributed by atoms with Crippen LogP contribution in [0.2, 0.25) is 0 Å². The van der Waals surface area contributed by atoms with Gasteiger partial charge in [-0.15, -0.1) is 0 Å². The predicted octanol–water partition coefficient (Wildman–Crippen LogP) is 1.34. The van der Waals surface area contributed by atoms with E-state index >= 15 is 0 Å². The molecule has 0 saturated carbocycles. The van der Waals surface area contributed by atoms with E-state index in [1.165, 1.54) is 0 Å². The first-order chi connectivity index (χ1) is 9.88. The third-order valence-electron chi connectivity index (χ3n) is 3.74. The van der Waals surface area contributed by atoms with Crippen LogP contribution in [0.5, 0.6) is 0 Å². The molecule has 1 aliphatic rings. The van der Waals surface area contributed by atoms with Gasteiger partial charge in [0.2, 0.25) is 11.8 Å². The fourth-order valence-corrected chi connectivity index (χ4v) is 2.30. The topological polar surface area (TPSA) is 52.7 Å². The fourth-order valence-electron chi connectivity index (χ4n) is 2.30. The Bertz CT molecular complexity index is 334. The lowest BCUT2D eigenvalue weighted by atomic mass is 10.1. The molecule has 5 nitrogen and oxygen atoms in total. The molecule has 1 fully saturated rings. The molecule has 1 rings (SSSR count). The van der Waals surface area contributed by atoms with E-state index in [1.807, 2.05) is 4.90 Å². The van der Waals surface area contributed by atoms with E-state index in [4.69, 9.17) is 0 Å². The van der Waals surface area contributed by atoms with Gasteiger partial charge in [0.15, 0.2) is 0 Å². The molecule has 0 aromatic heterocycles. The highest BCUT2D eigenvalue weighted by Crippen LogP contribution is 2.09. The van der Waals surface area contributed by atoms with E-state index in [1.54, 1.807) is 0 Å². The van der Waals surface area contributed by atoms with Gasteiger partial charge in [-0.1, -0.05) is 27.7 Å². The first-order valence-corrected chi connectivity index (χ1v) is 8.15. The molecule has 0 unspecified atom stereocenters. The molecule has 1 N–H and O–H groups in total. The summed E-state index contributed by atoms with van der Waals surface area (Å²) in [6.45, 7) is 12.7. The number of amides is 2. The standard InChI is InChI=1S/C16H31N3O2/c1-13(2)5-6-16(21)19-9-7-18(8-10-19)12-15(20)17-11-14(3)4/h13-14H,5-12H2,1-4H3,(H,17,20). The Morgan fingerprint density at radius 3 is 2.14 bits per heavy atom. The average Bonchev–Trinajstić information content (AvgIpc) is 2.43. The van der Waals surface area contributed by atoms with Crippen molar-refractivity contribution in [2.45, 2.75) is 40.5 Å². The van der Waals surface area contributed by atoms with Gasteiger partial charge in [-0.2, -0.15) is 0 Å². The summed E-state index contributed by atoms with van der Waals surface area (Å²) in [5.74, 6) is 1.39. The number of carbonyl (C=O) groups excluding carboxylic acids is 2. The zero-order valence-electron chi connectivity index (χ0n) is 14.0. The summed E-state index contributed by atoms with van der Waals surface area (Å²) in [6.07, 6.45) is 1.60. The molecule has 1 aliphatic heterocycles. The highest BCUT2D eigenvalue weighted by Gasteiger charge is 2.22. The first kappa shape index (κ1) is 18.0. The molecule has 0 atom stereocenters. The van der Waals surface area contributed by atoms with Crippen LogP contribution in [0.1, 0.15) is 40.5 Å². The monoisotopic (exact) mass is 297 g/mol. The number of nitrogens with zero attached hydrogens (tertiary/aromatic N) is 2. The normalized spacial score (nSPS) is 16.6. The minimum absolute atomic E-state index is 0.0864. The number of nitrogens with one attached hydrogen (secondary N) is 1. The summed E-state index contributed by atoms with van der Waals surface area (Å²) >= 11 is 0. The van der Waals surface area contributed by atoms with Gasteiger partial charge in [0.1, 0.15) is 0 Å². The van der Waals surface area contributed by atoms with Gasteiger partial charge < -0.3 is 10.2 Å². The van der Waals surface area contributed by atoms with Crippen molar-refractivity contribution in [2.24, 2.45) is 11.8 Å². The Morgan fingerprint density at radius 1 is 1.00 bits per heavy atom. The van der Waals surface area contributed by atoms with E-state index in [9.17, 15) is 9.59 Å². The summed E-state index contributed by atoms with van der Waals surface area (Å²) in [7, 11) is 0. The van der Waals surface area contributed by atoms with Crippen LogP contribution in [-0.4, -0.2) is 60.9 Å². The molecule has 0 aromatic rings. The highest BCUT2D eigenvalue weighted by molar-refractivity contribution is 5.78. The lowest BCUT2D eigenvalue weighted by Gasteiger charge is -2.34. The molecule has 1 heterocycles. The van der Waals surface area contributed by atoms with Crippen LogP contribution in [0.25, 0.3) is 0 Å². The molecule has 122 valence electrons. The van der Waals surface area contributed by atoms with Crippen molar-refractivity contribution >= 4 is 11.8 Å². The maximum atomic E-state index is 12.0. The molecule has 2 amide bonds. The Labute approximate surface area is 129 Å². The molecule has 0 aliphatic carbocycles. The first-order valence-electron chi connectivity index (χ1n) is 8.15. The molecule has 21 heavy (non-hydrogen) atoms.